The van der Waals surface area contributed by atoms with Gasteiger partial charge in [-0.1, -0.05) is 118 Å². The van der Waals surface area contributed by atoms with E-state index in [2.05, 4.69) is 202 Å². The Morgan fingerprint density at radius 2 is 1.20 bits per heavy atom. The number of Topliss-reactive ketones (excluding diaryl/α,β-unsaturated/α-hetero) is 1. The van der Waals surface area contributed by atoms with Gasteiger partial charge in [-0.05, 0) is 102 Å². The van der Waals surface area contributed by atoms with Crippen LogP contribution in [0.1, 0.15) is 111 Å². The minimum Gasteiger partial charge on any atom is -0.506 e. The number of nitrogens with one attached hydrogen (secondary N) is 2. The number of quaternary nitrogens is 1. The van der Waals surface area contributed by atoms with Crippen molar-refractivity contribution >= 4 is 50.7 Å². The summed E-state index contributed by atoms with van der Waals surface area (Å²) < 4.78 is 0. The average Bonchev–Trinajstić information content (AvgIpc) is 3.70. The third-order valence-electron chi connectivity index (χ3n) is 14.0. The van der Waals surface area contributed by atoms with E-state index in [1.807, 2.05) is 6.08 Å². The first-order valence-corrected chi connectivity index (χ1v) is 21.3. The topological polar surface area (TPSA) is 81.2 Å². The number of rotatable bonds is 4. The number of allylic oxidation sites excluding steroid dienone is 6. The quantitative estimate of drug-likeness (QED) is 0.108. The zero-order valence-electron chi connectivity index (χ0n) is 37.3. The fourth-order valence-corrected chi connectivity index (χ4v) is 9.69. The summed E-state index contributed by atoms with van der Waals surface area (Å²) >= 11 is 0. The van der Waals surface area contributed by atoms with Gasteiger partial charge in [-0.3, -0.25) is 10.1 Å². The molecule has 0 fully saturated rings. The van der Waals surface area contributed by atoms with Crippen LogP contribution in [0, 0.1) is 0 Å². The van der Waals surface area contributed by atoms with Crippen LogP contribution in [0.15, 0.2) is 138 Å². The number of fused-ring (bicyclic) bond motifs is 6. The Labute approximate surface area is 355 Å². The predicted octanol–water partition coefficient (Wildman–Crippen LogP) is 12.5. The third-order valence-corrected chi connectivity index (χ3v) is 14.0. The SMILES string of the molecule is C=C1Nc2c(ccc3c4c(ccc23)C(C)(C)/C(=C2\C(=O)C(C=C3Nc5ccc(N(c6ccc(C(C)(C)C)cc6)c6ccc(C(C)(C)C)cc6)cc5C3(C)C)=C2O)[NH2+]4)C1(C)C. The van der Waals surface area contributed by atoms with Crippen LogP contribution >= 0.6 is 0 Å². The van der Waals surface area contributed by atoms with E-state index in [-0.39, 0.29) is 27.8 Å². The Morgan fingerprint density at radius 1 is 0.650 bits per heavy atom. The van der Waals surface area contributed by atoms with E-state index in [1.165, 1.54) is 16.7 Å². The molecule has 6 heteroatoms. The highest BCUT2D eigenvalue weighted by Gasteiger charge is 2.50. The van der Waals surface area contributed by atoms with E-state index in [1.54, 1.807) is 0 Å². The van der Waals surface area contributed by atoms with Crippen molar-refractivity contribution in [3.8, 4) is 0 Å². The van der Waals surface area contributed by atoms with E-state index in [0.717, 1.165) is 73.1 Å². The monoisotopic (exact) mass is 795 g/mol. The maximum absolute atomic E-state index is 14.2. The number of aliphatic hydroxyl groups is 1. The molecule has 3 aliphatic heterocycles. The summed E-state index contributed by atoms with van der Waals surface area (Å²) in [5, 5.41) is 23.4. The maximum atomic E-state index is 14.2. The summed E-state index contributed by atoms with van der Waals surface area (Å²) in [6.07, 6.45) is 1.86. The summed E-state index contributed by atoms with van der Waals surface area (Å²) in [4.78, 5) is 16.5. The molecule has 6 nitrogen and oxygen atoms in total. The van der Waals surface area contributed by atoms with Crippen LogP contribution in [0.4, 0.5) is 34.1 Å². The Hall–Kier alpha value is -5.85. The number of carbonyl (C=O) groups is 1. The first-order valence-electron chi connectivity index (χ1n) is 21.3. The van der Waals surface area contributed by atoms with E-state index in [0.29, 0.717) is 11.1 Å². The molecule has 5 aromatic rings. The van der Waals surface area contributed by atoms with Crippen molar-refractivity contribution in [1.82, 2.24) is 0 Å². The van der Waals surface area contributed by atoms with E-state index in [9.17, 15) is 9.90 Å². The van der Waals surface area contributed by atoms with Crippen molar-refractivity contribution in [3.63, 3.8) is 0 Å². The number of nitrogens with two attached hydrogens (primary N) is 1. The Balaban J connectivity index is 1.06. The number of ketones is 1. The van der Waals surface area contributed by atoms with E-state index < -0.39 is 10.8 Å². The summed E-state index contributed by atoms with van der Waals surface area (Å²) in [5.41, 5.74) is 14.9. The summed E-state index contributed by atoms with van der Waals surface area (Å²) in [7, 11) is 0. The van der Waals surface area contributed by atoms with E-state index >= 15 is 0 Å². The van der Waals surface area contributed by atoms with Crippen LogP contribution in [0.5, 0.6) is 0 Å². The molecule has 0 unspecified atom stereocenters. The van der Waals surface area contributed by atoms with Gasteiger partial charge in [0, 0.05) is 61.3 Å². The van der Waals surface area contributed by atoms with Gasteiger partial charge in [0.25, 0.3) is 0 Å². The predicted molar refractivity (Wildman–Crippen MR) is 249 cm³/mol. The Kier molecular flexibility index (Phi) is 8.47. The first-order chi connectivity index (χ1) is 28.0. The molecule has 0 amide bonds. The third kappa shape index (κ3) is 5.82. The molecule has 0 atom stereocenters. The highest BCUT2D eigenvalue weighted by molar-refractivity contribution is 6.21. The molecule has 0 saturated carbocycles. The molecular formula is C54H59N4O2+. The molecule has 60 heavy (non-hydrogen) atoms. The van der Waals surface area contributed by atoms with Crippen molar-refractivity contribution in [3.05, 3.63) is 165 Å². The highest BCUT2D eigenvalue weighted by atomic mass is 16.3. The van der Waals surface area contributed by atoms with Crippen LogP contribution in [-0.4, -0.2) is 10.9 Å². The molecule has 1 aliphatic carbocycles. The van der Waals surface area contributed by atoms with Crippen molar-refractivity contribution < 1.29 is 15.2 Å². The molecular weight excluding hydrogens is 737 g/mol. The van der Waals surface area contributed by atoms with Crippen molar-refractivity contribution in [2.24, 2.45) is 0 Å². The van der Waals surface area contributed by atoms with Gasteiger partial charge in [-0.25, -0.2) is 0 Å². The molecule has 9 rings (SSSR count). The standard InChI is InChI=1S/C54H58N4O2/c1-30-52(8,9)39-25-23-37-36(45(39)55-30)24-26-40-46(37)57-49(54(40,12)13)44-47(59)38(48(44)60)29-43-53(10,11)41-28-35(22-27-42(41)56-43)58(33-18-14-31(15-19-33)50(2,3)4)34-20-16-32(17-21-34)51(5,6)7/h14-29,55-57,59H,1H2,2-13H3/p+1/b43-29?,49-44+. The smallest absolute Gasteiger partial charge is 0.206 e. The lowest BCUT2D eigenvalue weighted by Gasteiger charge is -2.29. The largest absolute Gasteiger partial charge is 0.506 e. The molecule has 0 saturated heterocycles. The number of nitrogens with zero attached hydrogens (tertiary/aromatic N) is 1. The fraction of sp³-hybridized carbons (Fsp3) is 0.315. The second-order valence-electron chi connectivity index (χ2n) is 21.0. The maximum Gasteiger partial charge on any atom is 0.206 e. The lowest BCUT2D eigenvalue weighted by molar-refractivity contribution is -0.515. The van der Waals surface area contributed by atoms with Gasteiger partial charge in [-0.15, -0.1) is 0 Å². The molecule has 0 bridgehead atoms. The van der Waals surface area contributed by atoms with Gasteiger partial charge in [0.1, 0.15) is 22.7 Å². The van der Waals surface area contributed by atoms with Gasteiger partial charge in [-0.2, -0.15) is 0 Å². The van der Waals surface area contributed by atoms with Gasteiger partial charge in [0.15, 0.2) is 0 Å². The van der Waals surface area contributed by atoms with Crippen LogP contribution in [0.25, 0.3) is 10.8 Å². The number of hydrogen-bond acceptors (Lipinski definition) is 5. The number of carbonyl (C=O) groups excluding carboxylic acids is 1. The molecule has 4 aliphatic rings. The van der Waals surface area contributed by atoms with Gasteiger partial charge >= 0.3 is 0 Å². The molecule has 3 heterocycles. The number of anilines is 5. The minimum atomic E-state index is -0.472. The fourth-order valence-electron chi connectivity index (χ4n) is 9.69. The molecule has 0 spiro atoms. The van der Waals surface area contributed by atoms with Crippen LogP contribution < -0.4 is 20.9 Å². The zero-order valence-corrected chi connectivity index (χ0v) is 37.3. The van der Waals surface area contributed by atoms with Gasteiger partial charge in [0.05, 0.1) is 16.7 Å². The average molecular weight is 796 g/mol. The lowest BCUT2D eigenvalue weighted by Crippen LogP contribution is -2.76. The molecule has 0 radical (unpaired) electrons. The second-order valence-corrected chi connectivity index (χ2v) is 21.0. The number of aliphatic hydroxyl groups excluding tert-OH is 1. The summed E-state index contributed by atoms with van der Waals surface area (Å²) in [6, 6.07) is 33.1. The summed E-state index contributed by atoms with van der Waals surface area (Å²) in [6.45, 7) is 30.8. The number of hydrogen-bond donors (Lipinski definition) is 4. The van der Waals surface area contributed by atoms with Crippen LogP contribution in [-0.2, 0) is 31.9 Å². The summed E-state index contributed by atoms with van der Waals surface area (Å²) in [5.74, 6) is -0.0720. The second kappa shape index (κ2) is 12.8. The molecule has 5 N–H and O–H groups in total. The zero-order chi connectivity index (χ0) is 43.1. The van der Waals surface area contributed by atoms with Gasteiger partial charge < -0.3 is 20.6 Å². The van der Waals surface area contributed by atoms with Gasteiger partial charge in [0.2, 0.25) is 5.78 Å². The van der Waals surface area contributed by atoms with E-state index in [4.69, 9.17) is 0 Å². The lowest BCUT2D eigenvalue weighted by atomic mass is 9.75. The minimum absolute atomic E-state index is 0.0461. The van der Waals surface area contributed by atoms with Crippen molar-refractivity contribution in [2.45, 2.75) is 110 Å². The molecule has 5 aromatic carbocycles. The van der Waals surface area contributed by atoms with Crippen LogP contribution in [0.3, 0.4) is 0 Å². The molecule has 0 aromatic heterocycles. The Morgan fingerprint density at radius 3 is 1.77 bits per heavy atom. The normalized spacial score (nSPS) is 20.5. The first kappa shape index (κ1) is 39.6. The molecule has 306 valence electrons. The Bertz CT molecular complexity index is 2740. The van der Waals surface area contributed by atoms with Crippen LogP contribution in [0.2, 0.25) is 0 Å². The highest BCUT2D eigenvalue weighted by Crippen LogP contribution is 2.52. The van der Waals surface area contributed by atoms with Crippen molar-refractivity contribution in [1.29, 1.82) is 0 Å². The van der Waals surface area contributed by atoms with Crippen molar-refractivity contribution in [2.75, 3.05) is 15.5 Å². The number of benzene rings is 5.